The van der Waals surface area contributed by atoms with Crippen LogP contribution >= 0.6 is 0 Å². The average molecular weight is 481 g/mol. The van der Waals surface area contributed by atoms with E-state index in [1.807, 2.05) is 18.2 Å². The van der Waals surface area contributed by atoms with Gasteiger partial charge in [0.15, 0.2) is 11.6 Å². The monoisotopic (exact) mass is 480 g/mol. The first-order chi connectivity index (χ1) is 16.5. The molecule has 3 fully saturated rings. The third-order valence-corrected chi connectivity index (χ3v) is 7.36. The predicted molar refractivity (Wildman–Crippen MR) is 124 cm³/mol. The Hall–Kier alpha value is -1.10. The number of hydrogen-bond donors (Lipinski definition) is 1. The quantitative estimate of drug-likeness (QED) is 0.403. The molecule has 4 rings (SSSR count). The molecule has 0 aromatic heterocycles. The van der Waals surface area contributed by atoms with Gasteiger partial charge in [-0.2, -0.15) is 0 Å². The number of methoxy groups -OCH3 is 2. The first kappa shape index (κ1) is 26.0. The molecule has 0 unspecified atom stereocenters. The molecule has 1 N–H and O–H groups in total. The highest BCUT2D eigenvalue weighted by Crippen LogP contribution is 2.52. The van der Waals surface area contributed by atoms with Crippen LogP contribution in [-0.4, -0.2) is 75.3 Å². The van der Waals surface area contributed by atoms with Gasteiger partial charge in [0.2, 0.25) is 0 Å². The van der Waals surface area contributed by atoms with Crippen molar-refractivity contribution in [3.05, 3.63) is 35.9 Å². The van der Waals surface area contributed by atoms with Gasteiger partial charge >= 0.3 is 0 Å². The van der Waals surface area contributed by atoms with Crippen LogP contribution < -0.4 is 0 Å². The average Bonchev–Trinajstić information content (AvgIpc) is 3.20. The molecule has 8 heteroatoms. The molecule has 1 aromatic rings. The van der Waals surface area contributed by atoms with Crippen molar-refractivity contribution in [3.8, 4) is 0 Å². The van der Waals surface area contributed by atoms with Crippen LogP contribution in [0.1, 0.15) is 51.0 Å². The maximum Gasteiger partial charge on any atom is 0.177 e. The summed E-state index contributed by atoms with van der Waals surface area (Å²) in [5, 5.41) is 9.80. The summed E-state index contributed by atoms with van der Waals surface area (Å²) in [5.41, 5.74) is 1.14. The highest BCUT2D eigenvalue weighted by Gasteiger charge is 2.59. The largest absolute Gasteiger partial charge is 0.394 e. The van der Waals surface area contributed by atoms with E-state index in [4.69, 9.17) is 33.2 Å². The molecular formula is C26H40O8. The fourth-order valence-electron chi connectivity index (χ4n) is 5.47. The Morgan fingerprint density at radius 3 is 2.68 bits per heavy atom. The van der Waals surface area contributed by atoms with Crippen molar-refractivity contribution in [2.24, 2.45) is 5.92 Å². The molecule has 34 heavy (non-hydrogen) atoms. The van der Waals surface area contributed by atoms with Crippen LogP contribution in [0.3, 0.4) is 0 Å². The van der Waals surface area contributed by atoms with Crippen molar-refractivity contribution in [1.29, 1.82) is 0 Å². The number of benzene rings is 1. The normalized spacial score (nSPS) is 38.1. The third-order valence-electron chi connectivity index (χ3n) is 7.36. The lowest BCUT2D eigenvalue weighted by atomic mass is 9.83. The van der Waals surface area contributed by atoms with Gasteiger partial charge in [-0.1, -0.05) is 37.3 Å². The lowest BCUT2D eigenvalue weighted by Gasteiger charge is -2.52. The van der Waals surface area contributed by atoms with Crippen LogP contribution in [0, 0.1) is 5.92 Å². The molecule has 7 atom stereocenters. The number of aliphatic hydroxyl groups is 1. The summed E-state index contributed by atoms with van der Waals surface area (Å²) < 4.78 is 42.5. The van der Waals surface area contributed by atoms with E-state index in [0.29, 0.717) is 38.9 Å². The second kappa shape index (κ2) is 11.8. The second-order valence-corrected chi connectivity index (χ2v) is 9.78. The number of hydrogen-bond acceptors (Lipinski definition) is 8. The molecule has 8 nitrogen and oxygen atoms in total. The maximum atomic E-state index is 9.80. The van der Waals surface area contributed by atoms with E-state index in [1.54, 1.807) is 14.2 Å². The van der Waals surface area contributed by atoms with Gasteiger partial charge in [0.25, 0.3) is 0 Å². The lowest BCUT2D eigenvalue weighted by molar-refractivity contribution is -0.415. The Kier molecular flexibility index (Phi) is 8.98. The Morgan fingerprint density at radius 2 is 1.94 bits per heavy atom. The first-order valence-electron chi connectivity index (χ1n) is 12.4. The molecule has 0 saturated carbocycles. The highest BCUT2D eigenvalue weighted by atomic mass is 16.8. The lowest BCUT2D eigenvalue weighted by Crippen LogP contribution is -2.59. The molecule has 0 bridgehead atoms. The summed E-state index contributed by atoms with van der Waals surface area (Å²) in [5.74, 6) is -1.49. The van der Waals surface area contributed by atoms with E-state index in [1.165, 1.54) is 0 Å². The van der Waals surface area contributed by atoms with Crippen molar-refractivity contribution in [2.45, 2.75) is 88.0 Å². The maximum absolute atomic E-state index is 9.80. The van der Waals surface area contributed by atoms with Crippen LogP contribution in [0.4, 0.5) is 0 Å². The summed E-state index contributed by atoms with van der Waals surface area (Å²) >= 11 is 0. The van der Waals surface area contributed by atoms with Crippen molar-refractivity contribution in [2.75, 3.05) is 34.2 Å². The van der Waals surface area contributed by atoms with Gasteiger partial charge in [-0.3, -0.25) is 0 Å². The van der Waals surface area contributed by atoms with Gasteiger partial charge in [-0.25, -0.2) is 0 Å². The number of aliphatic hydroxyl groups excluding tert-OH is 1. The number of ether oxygens (including phenoxy) is 7. The minimum atomic E-state index is -0.830. The SMILES string of the molecule is COCO[C@H]1C[C@@]2(O[C@H]1CCOCc1ccccc1)O[C@]1(CC[C@@H]2C)C[C@@H](OC)C[C@@H](CO)O1. The summed E-state index contributed by atoms with van der Waals surface area (Å²) in [6, 6.07) is 10.1. The smallest absolute Gasteiger partial charge is 0.177 e. The predicted octanol–water partition coefficient (Wildman–Crippen LogP) is 3.40. The Bertz CT molecular complexity index is 734. The van der Waals surface area contributed by atoms with Gasteiger partial charge in [-0.05, 0) is 18.4 Å². The topological polar surface area (TPSA) is 84.8 Å². The molecule has 2 spiro atoms. The zero-order valence-corrected chi connectivity index (χ0v) is 20.6. The van der Waals surface area contributed by atoms with Gasteiger partial charge in [-0.15, -0.1) is 0 Å². The third kappa shape index (κ3) is 5.99. The summed E-state index contributed by atoms with van der Waals surface area (Å²) in [6.45, 7) is 3.41. The molecule has 3 saturated heterocycles. The fraction of sp³-hybridized carbons (Fsp3) is 0.769. The first-order valence-corrected chi connectivity index (χ1v) is 12.4. The van der Waals surface area contributed by atoms with E-state index < -0.39 is 11.6 Å². The molecule has 0 radical (unpaired) electrons. The second-order valence-electron chi connectivity index (χ2n) is 9.78. The molecule has 3 aliphatic heterocycles. The Balaban J connectivity index is 1.43. The van der Waals surface area contributed by atoms with Crippen LogP contribution in [0.15, 0.2) is 30.3 Å². The molecule has 192 valence electrons. The van der Waals surface area contributed by atoms with Gasteiger partial charge in [0.1, 0.15) is 6.79 Å². The van der Waals surface area contributed by atoms with Crippen molar-refractivity contribution in [3.63, 3.8) is 0 Å². The summed E-state index contributed by atoms with van der Waals surface area (Å²) in [4.78, 5) is 0. The van der Waals surface area contributed by atoms with Crippen molar-refractivity contribution >= 4 is 0 Å². The zero-order chi connectivity index (χ0) is 24.0. The van der Waals surface area contributed by atoms with E-state index in [0.717, 1.165) is 18.4 Å². The molecule has 1 aromatic carbocycles. The van der Waals surface area contributed by atoms with E-state index in [9.17, 15) is 5.11 Å². The molecule has 3 heterocycles. The van der Waals surface area contributed by atoms with Gasteiger partial charge in [0, 0.05) is 52.4 Å². The Labute approximate surface area is 202 Å². The molecule has 0 amide bonds. The van der Waals surface area contributed by atoms with Crippen LogP contribution in [-0.2, 0) is 39.8 Å². The van der Waals surface area contributed by atoms with E-state index in [-0.39, 0.29) is 43.7 Å². The Morgan fingerprint density at radius 1 is 1.12 bits per heavy atom. The zero-order valence-electron chi connectivity index (χ0n) is 20.6. The summed E-state index contributed by atoms with van der Waals surface area (Å²) in [7, 11) is 3.32. The molecular weight excluding hydrogens is 440 g/mol. The van der Waals surface area contributed by atoms with Gasteiger partial charge in [0.05, 0.1) is 37.6 Å². The van der Waals surface area contributed by atoms with Crippen LogP contribution in [0.2, 0.25) is 0 Å². The van der Waals surface area contributed by atoms with Crippen molar-refractivity contribution in [1.82, 2.24) is 0 Å². The van der Waals surface area contributed by atoms with Crippen LogP contribution in [0.25, 0.3) is 0 Å². The summed E-state index contributed by atoms with van der Waals surface area (Å²) in [6.07, 6.45) is 3.49. The highest BCUT2D eigenvalue weighted by molar-refractivity contribution is 5.13. The van der Waals surface area contributed by atoms with Crippen molar-refractivity contribution < 1.29 is 38.3 Å². The van der Waals surface area contributed by atoms with Gasteiger partial charge < -0.3 is 38.3 Å². The standard InChI is InChI=1S/C26H40O8/c1-19-9-11-25(14-21(29-3)13-22(16-27)32-25)34-26(19)15-24(31-18-28-2)23(33-26)10-12-30-17-20-7-5-4-6-8-20/h4-8,19,21-24,27H,9-18H2,1-3H3/t19-,21-,22-,23-,24-,25+,26+/m0/s1. The number of rotatable bonds is 10. The molecule has 0 aliphatic carbocycles. The fourth-order valence-corrected chi connectivity index (χ4v) is 5.47. The molecule has 3 aliphatic rings. The minimum Gasteiger partial charge on any atom is -0.394 e. The minimum absolute atomic E-state index is 0.0273. The van der Waals surface area contributed by atoms with E-state index >= 15 is 0 Å². The van der Waals surface area contributed by atoms with E-state index in [2.05, 4.69) is 19.1 Å². The van der Waals surface area contributed by atoms with Crippen LogP contribution in [0.5, 0.6) is 0 Å².